The van der Waals surface area contributed by atoms with Crippen LogP contribution in [0.5, 0.6) is 0 Å². The fourth-order valence-electron chi connectivity index (χ4n) is 5.40. The number of aliphatic hydroxyl groups excluding tert-OH is 2. The summed E-state index contributed by atoms with van der Waals surface area (Å²) in [4.78, 5) is 14.4. The molecule has 0 aromatic rings. The summed E-state index contributed by atoms with van der Waals surface area (Å²) in [6.07, 6.45) is 29.3. The summed E-state index contributed by atoms with van der Waals surface area (Å²) in [6, 6.07) is 0. The third-order valence-electron chi connectivity index (χ3n) is 8.07. The zero-order valence-electron chi connectivity index (χ0n) is 27.7. The minimum Gasteiger partial charge on any atom is -0.394 e. The van der Waals surface area contributed by atoms with Gasteiger partial charge in [0.05, 0.1) is 12.7 Å². The Hall–Kier alpha value is -0.690. The van der Waals surface area contributed by atoms with Gasteiger partial charge in [0.25, 0.3) is 0 Å². The first kappa shape index (κ1) is 40.3. The molecule has 1 atom stereocenters. The third-order valence-corrected chi connectivity index (χ3v) is 8.07. The van der Waals surface area contributed by atoms with Crippen molar-refractivity contribution in [3.8, 4) is 0 Å². The van der Waals surface area contributed by atoms with Gasteiger partial charge in [-0.2, -0.15) is 0 Å². The van der Waals surface area contributed by atoms with Crippen molar-refractivity contribution in [2.24, 2.45) is 0 Å². The van der Waals surface area contributed by atoms with E-state index in [1.165, 1.54) is 116 Å². The van der Waals surface area contributed by atoms with Gasteiger partial charge in [-0.05, 0) is 32.2 Å². The lowest BCUT2D eigenvalue weighted by Crippen LogP contribution is -2.37. The van der Waals surface area contributed by atoms with Gasteiger partial charge in [0.1, 0.15) is 0 Å². The SMILES string of the molecule is CCCCCCCCCCCCCCCC(=O)NCCCN(CCCOCCCCCCCCCC)CC(O)CO. The minimum absolute atomic E-state index is 0.157. The van der Waals surface area contributed by atoms with Gasteiger partial charge in [0, 0.05) is 39.3 Å². The lowest BCUT2D eigenvalue weighted by atomic mass is 10.0. The Morgan fingerprint density at radius 2 is 1.07 bits per heavy atom. The highest BCUT2D eigenvalue weighted by atomic mass is 16.5. The normalized spacial score (nSPS) is 12.3. The van der Waals surface area contributed by atoms with E-state index >= 15 is 0 Å². The van der Waals surface area contributed by atoms with Crippen LogP contribution in [0.15, 0.2) is 0 Å². The monoisotopic (exact) mass is 585 g/mol. The molecule has 0 saturated carbocycles. The number of carbonyl (C=O) groups excluding carboxylic acids is 1. The molecule has 0 aromatic heterocycles. The van der Waals surface area contributed by atoms with Crippen LogP contribution in [0, 0.1) is 0 Å². The molecule has 0 saturated heterocycles. The van der Waals surface area contributed by atoms with Gasteiger partial charge in [0.15, 0.2) is 0 Å². The molecular formula is C35H72N2O4. The first-order valence-electron chi connectivity index (χ1n) is 18.0. The minimum atomic E-state index is -0.724. The number of unbranched alkanes of at least 4 members (excludes halogenated alkanes) is 19. The van der Waals surface area contributed by atoms with Crippen LogP contribution < -0.4 is 5.32 Å². The molecule has 41 heavy (non-hydrogen) atoms. The average molecular weight is 585 g/mol. The average Bonchev–Trinajstić information content (AvgIpc) is 2.97. The predicted octanol–water partition coefficient (Wildman–Crippen LogP) is 8.18. The summed E-state index contributed by atoms with van der Waals surface area (Å²) in [5.41, 5.74) is 0. The molecule has 6 nitrogen and oxygen atoms in total. The van der Waals surface area contributed by atoms with Crippen LogP contribution in [0.2, 0.25) is 0 Å². The Kier molecular flexibility index (Phi) is 33.2. The van der Waals surface area contributed by atoms with E-state index in [2.05, 4.69) is 24.1 Å². The number of ether oxygens (including phenoxy) is 1. The summed E-state index contributed by atoms with van der Waals surface area (Å²) in [7, 11) is 0. The summed E-state index contributed by atoms with van der Waals surface area (Å²) >= 11 is 0. The van der Waals surface area contributed by atoms with Gasteiger partial charge in [-0.25, -0.2) is 0 Å². The highest BCUT2D eigenvalue weighted by molar-refractivity contribution is 5.75. The molecule has 0 heterocycles. The maximum absolute atomic E-state index is 12.2. The van der Waals surface area contributed by atoms with Crippen molar-refractivity contribution >= 4 is 5.91 Å². The van der Waals surface area contributed by atoms with E-state index in [4.69, 9.17) is 4.74 Å². The van der Waals surface area contributed by atoms with Crippen LogP contribution in [-0.2, 0) is 9.53 Å². The van der Waals surface area contributed by atoms with Gasteiger partial charge >= 0.3 is 0 Å². The largest absolute Gasteiger partial charge is 0.394 e. The van der Waals surface area contributed by atoms with E-state index in [0.29, 0.717) is 19.5 Å². The Balaban J connectivity index is 3.68. The van der Waals surface area contributed by atoms with E-state index < -0.39 is 6.10 Å². The molecule has 246 valence electrons. The maximum Gasteiger partial charge on any atom is 0.219 e. The Morgan fingerprint density at radius 3 is 1.59 bits per heavy atom. The van der Waals surface area contributed by atoms with E-state index in [1.807, 2.05) is 0 Å². The summed E-state index contributed by atoms with van der Waals surface area (Å²) in [5, 5.41) is 22.2. The number of carbonyl (C=O) groups is 1. The van der Waals surface area contributed by atoms with Crippen molar-refractivity contribution in [2.45, 2.75) is 174 Å². The molecule has 1 amide bonds. The fourth-order valence-corrected chi connectivity index (χ4v) is 5.40. The zero-order valence-corrected chi connectivity index (χ0v) is 27.7. The predicted molar refractivity (Wildman–Crippen MR) is 176 cm³/mol. The van der Waals surface area contributed by atoms with Gasteiger partial charge in [-0.15, -0.1) is 0 Å². The zero-order chi connectivity index (χ0) is 30.1. The summed E-state index contributed by atoms with van der Waals surface area (Å²) in [6.45, 7) is 8.63. The quantitative estimate of drug-likeness (QED) is 0.0665. The fraction of sp³-hybridized carbons (Fsp3) is 0.971. The van der Waals surface area contributed by atoms with E-state index in [9.17, 15) is 15.0 Å². The van der Waals surface area contributed by atoms with E-state index in [1.54, 1.807) is 0 Å². The first-order chi connectivity index (χ1) is 20.1. The second-order valence-corrected chi connectivity index (χ2v) is 12.3. The van der Waals surface area contributed by atoms with Crippen molar-refractivity contribution in [3.63, 3.8) is 0 Å². The molecule has 0 spiro atoms. The van der Waals surface area contributed by atoms with Gasteiger partial charge < -0.3 is 25.2 Å². The van der Waals surface area contributed by atoms with Crippen LogP contribution in [0.3, 0.4) is 0 Å². The molecule has 0 aromatic carbocycles. The molecule has 0 aliphatic rings. The molecular weight excluding hydrogens is 512 g/mol. The van der Waals surface area contributed by atoms with Gasteiger partial charge in [-0.3, -0.25) is 4.79 Å². The van der Waals surface area contributed by atoms with Crippen LogP contribution in [0.25, 0.3) is 0 Å². The van der Waals surface area contributed by atoms with Crippen molar-refractivity contribution in [1.82, 2.24) is 10.2 Å². The van der Waals surface area contributed by atoms with E-state index in [0.717, 1.165) is 58.4 Å². The number of nitrogens with zero attached hydrogens (tertiary/aromatic N) is 1. The Bertz CT molecular complexity index is 520. The molecule has 3 N–H and O–H groups in total. The van der Waals surface area contributed by atoms with Crippen molar-refractivity contribution in [1.29, 1.82) is 0 Å². The van der Waals surface area contributed by atoms with Gasteiger partial charge in [-0.1, -0.05) is 136 Å². The van der Waals surface area contributed by atoms with Crippen molar-refractivity contribution in [3.05, 3.63) is 0 Å². The van der Waals surface area contributed by atoms with Crippen LogP contribution >= 0.6 is 0 Å². The lowest BCUT2D eigenvalue weighted by Gasteiger charge is -2.24. The van der Waals surface area contributed by atoms with Crippen LogP contribution in [-0.4, -0.2) is 73.1 Å². The molecule has 0 aliphatic carbocycles. The number of amides is 1. The lowest BCUT2D eigenvalue weighted by molar-refractivity contribution is -0.121. The topological polar surface area (TPSA) is 82.0 Å². The van der Waals surface area contributed by atoms with Crippen LogP contribution in [0.1, 0.15) is 168 Å². The highest BCUT2D eigenvalue weighted by Crippen LogP contribution is 2.13. The first-order valence-corrected chi connectivity index (χ1v) is 18.0. The standard InChI is InChI=1S/C35H72N2O4/c1-3-5-7-9-11-13-14-15-16-17-18-20-22-26-35(40)36-27-24-28-37(32-34(39)33-38)29-25-31-41-30-23-21-19-12-10-8-6-4-2/h34,38-39H,3-33H2,1-2H3,(H,36,40). The Morgan fingerprint density at radius 1 is 0.634 bits per heavy atom. The Labute approximate surface area is 255 Å². The van der Waals surface area contributed by atoms with Gasteiger partial charge in [0.2, 0.25) is 5.91 Å². The molecule has 0 rings (SSSR count). The molecule has 1 unspecified atom stereocenters. The van der Waals surface area contributed by atoms with Crippen LogP contribution in [0.4, 0.5) is 0 Å². The number of nitrogens with one attached hydrogen (secondary N) is 1. The van der Waals surface area contributed by atoms with Crippen molar-refractivity contribution in [2.75, 3.05) is 46.0 Å². The van der Waals surface area contributed by atoms with Crippen molar-refractivity contribution < 1.29 is 19.7 Å². The highest BCUT2D eigenvalue weighted by Gasteiger charge is 2.11. The summed E-state index contributed by atoms with van der Waals surface area (Å²) in [5.74, 6) is 0.157. The smallest absolute Gasteiger partial charge is 0.219 e. The number of hydrogen-bond acceptors (Lipinski definition) is 5. The third kappa shape index (κ3) is 32.1. The second-order valence-electron chi connectivity index (χ2n) is 12.3. The number of rotatable bonds is 34. The molecule has 6 heteroatoms. The molecule has 0 radical (unpaired) electrons. The number of aliphatic hydroxyl groups is 2. The maximum atomic E-state index is 12.2. The molecule has 0 bridgehead atoms. The number of hydrogen-bond donors (Lipinski definition) is 3. The summed E-state index contributed by atoms with van der Waals surface area (Å²) < 4.78 is 5.82. The molecule has 0 aliphatic heterocycles. The molecule has 0 fully saturated rings. The van der Waals surface area contributed by atoms with E-state index in [-0.39, 0.29) is 12.5 Å². The second kappa shape index (κ2) is 33.8.